The molecule has 8 nitrogen and oxygen atoms in total. The summed E-state index contributed by atoms with van der Waals surface area (Å²) < 4.78 is 5.08. The van der Waals surface area contributed by atoms with Crippen LogP contribution in [0.3, 0.4) is 0 Å². The number of non-ortho nitro benzene ring substituents is 1. The highest BCUT2D eigenvalue weighted by atomic mass is 16.6. The number of rotatable bonds is 6. The average Bonchev–Trinajstić information content (AvgIpc) is 2.37. The Labute approximate surface area is 115 Å². The summed E-state index contributed by atoms with van der Waals surface area (Å²) in [7, 11) is 1.41. The number of nitro benzene ring substituents is 1. The number of methoxy groups -OCH3 is 1. The summed E-state index contributed by atoms with van der Waals surface area (Å²) in [4.78, 5) is 32.5. The van der Waals surface area contributed by atoms with Crippen molar-refractivity contribution in [2.45, 2.75) is 19.4 Å². The highest BCUT2D eigenvalue weighted by molar-refractivity contribution is 5.86. The summed E-state index contributed by atoms with van der Waals surface area (Å²) >= 11 is 0. The van der Waals surface area contributed by atoms with E-state index in [0.29, 0.717) is 11.3 Å². The lowest BCUT2D eigenvalue weighted by Crippen LogP contribution is -2.45. The monoisotopic (exact) mass is 281 g/mol. The molecule has 0 saturated heterocycles. The lowest BCUT2D eigenvalue weighted by atomic mass is 10.0. The van der Waals surface area contributed by atoms with E-state index in [4.69, 9.17) is 10.5 Å². The van der Waals surface area contributed by atoms with Gasteiger partial charge in [0, 0.05) is 31.0 Å². The Kier molecular flexibility index (Phi) is 5.01. The van der Waals surface area contributed by atoms with E-state index >= 15 is 0 Å². The van der Waals surface area contributed by atoms with Crippen LogP contribution in [0, 0.1) is 10.1 Å². The first-order valence-corrected chi connectivity index (χ1v) is 5.73. The minimum Gasteiger partial charge on any atom is -0.496 e. The van der Waals surface area contributed by atoms with Crippen LogP contribution in [0.25, 0.3) is 0 Å². The van der Waals surface area contributed by atoms with Crippen molar-refractivity contribution in [2.75, 3.05) is 7.11 Å². The molecule has 0 fully saturated rings. The van der Waals surface area contributed by atoms with Gasteiger partial charge in [0.1, 0.15) is 11.8 Å². The van der Waals surface area contributed by atoms with Crippen molar-refractivity contribution in [3.63, 3.8) is 0 Å². The zero-order valence-electron chi connectivity index (χ0n) is 11.1. The predicted molar refractivity (Wildman–Crippen MR) is 70.2 cm³/mol. The van der Waals surface area contributed by atoms with Crippen LogP contribution in [-0.2, 0) is 16.0 Å². The van der Waals surface area contributed by atoms with E-state index in [0.717, 1.165) is 0 Å². The van der Waals surface area contributed by atoms with Crippen LogP contribution < -0.4 is 15.8 Å². The van der Waals surface area contributed by atoms with Crippen molar-refractivity contribution in [3.05, 3.63) is 33.9 Å². The van der Waals surface area contributed by atoms with E-state index < -0.39 is 22.8 Å². The van der Waals surface area contributed by atoms with E-state index in [-0.39, 0.29) is 12.1 Å². The zero-order valence-corrected chi connectivity index (χ0v) is 11.1. The highest BCUT2D eigenvalue weighted by Gasteiger charge is 2.20. The maximum Gasteiger partial charge on any atom is 0.269 e. The molecule has 0 radical (unpaired) electrons. The van der Waals surface area contributed by atoms with Gasteiger partial charge >= 0.3 is 0 Å². The van der Waals surface area contributed by atoms with Gasteiger partial charge in [0.05, 0.1) is 12.0 Å². The van der Waals surface area contributed by atoms with Gasteiger partial charge < -0.3 is 15.8 Å². The molecule has 0 saturated carbocycles. The van der Waals surface area contributed by atoms with Gasteiger partial charge in [0.25, 0.3) is 5.69 Å². The minimum atomic E-state index is -0.955. The van der Waals surface area contributed by atoms with Crippen LogP contribution >= 0.6 is 0 Å². The van der Waals surface area contributed by atoms with E-state index in [1.165, 1.54) is 32.2 Å². The van der Waals surface area contributed by atoms with Crippen molar-refractivity contribution in [2.24, 2.45) is 5.73 Å². The van der Waals surface area contributed by atoms with Gasteiger partial charge in [0.2, 0.25) is 11.8 Å². The molecule has 3 N–H and O–H groups in total. The Morgan fingerprint density at radius 3 is 2.60 bits per heavy atom. The van der Waals surface area contributed by atoms with E-state index in [2.05, 4.69) is 5.32 Å². The topological polar surface area (TPSA) is 125 Å². The Bertz CT molecular complexity index is 544. The first-order chi connectivity index (χ1) is 9.35. The fraction of sp³-hybridized carbons (Fsp3) is 0.333. The summed E-state index contributed by atoms with van der Waals surface area (Å²) in [6, 6.07) is 3.05. The van der Waals surface area contributed by atoms with E-state index in [1.54, 1.807) is 0 Å². The van der Waals surface area contributed by atoms with Gasteiger partial charge in [-0.1, -0.05) is 0 Å². The SMILES string of the molecule is COc1ccc([N+](=O)[O-])cc1C[C@@H](NC(C)=O)C(N)=O. The third-order valence-corrected chi connectivity index (χ3v) is 2.62. The average molecular weight is 281 g/mol. The molecule has 0 aliphatic carbocycles. The summed E-state index contributed by atoms with van der Waals surface area (Å²) in [5.41, 5.74) is 5.48. The molecule has 0 aromatic heterocycles. The largest absolute Gasteiger partial charge is 0.496 e. The Hall–Kier alpha value is -2.64. The molecule has 0 aliphatic rings. The quantitative estimate of drug-likeness (QED) is 0.566. The van der Waals surface area contributed by atoms with E-state index in [9.17, 15) is 19.7 Å². The molecule has 108 valence electrons. The van der Waals surface area contributed by atoms with Crippen LogP contribution in [0.15, 0.2) is 18.2 Å². The van der Waals surface area contributed by atoms with E-state index in [1.807, 2.05) is 0 Å². The Morgan fingerprint density at radius 2 is 2.15 bits per heavy atom. The van der Waals surface area contributed by atoms with Crippen molar-refractivity contribution in [1.82, 2.24) is 5.32 Å². The number of hydrogen-bond donors (Lipinski definition) is 2. The van der Waals surface area contributed by atoms with Crippen LogP contribution in [0.1, 0.15) is 12.5 Å². The van der Waals surface area contributed by atoms with Crippen molar-refractivity contribution in [3.8, 4) is 5.75 Å². The number of hydrogen-bond acceptors (Lipinski definition) is 5. The van der Waals surface area contributed by atoms with Gasteiger partial charge in [0.15, 0.2) is 0 Å². The van der Waals surface area contributed by atoms with Crippen LogP contribution in [0.2, 0.25) is 0 Å². The second-order valence-electron chi connectivity index (χ2n) is 4.11. The smallest absolute Gasteiger partial charge is 0.269 e. The predicted octanol–water partition coefficient (Wildman–Crippen LogP) is 0.136. The van der Waals surface area contributed by atoms with Crippen molar-refractivity contribution in [1.29, 1.82) is 0 Å². The molecule has 1 aromatic rings. The maximum absolute atomic E-state index is 11.3. The lowest BCUT2D eigenvalue weighted by Gasteiger charge is -2.16. The molecule has 20 heavy (non-hydrogen) atoms. The number of nitrogens with zero attached hydrogens (tertiary/aromatic N) is 1. The third kappa shape index (κ3) is 3.94. The van der Waals surface area contributed by atoms with Crippen molar-refractivity contribution >= 4 is 17.5 Å². The van der Waals surface area contributed by atoms with Gasteiger partial charge in [-0.25, -0.2) is 0 Å². The number of amides is 2. The summed E-state index contributed by atoms with van der Waals surface area (Å²) in [6.07, 6.45) is 0.0137. The lowest BCUT2D eigenvalue weighted by molar-refractivity contribution is -0.384. The molecule has 8 heteroatoms. The van der Waals surface area contributed by atoms with Crippen LogP contribution in [-0.4, -0.2) is 29.9 Å². The molecule has 0 spiro atoms. The number of nitro groups is 1. The number of nitrogens with one attached hydrogen (secondary N) is 1. The molecule has 1 aromatic carbocycles. The van der Waals surface area contributed by atoms with Gasteiger partial charge in [-0.05, 0) is 6.07 Å². The standard InChI is InChI=1S/C12H15N3O5/c1-7(16)14-10(12(13)17)6-8-5-9(15(18)19)3-4-11(8)20-2/h3-5,10H,6H2,1-2H3,(H2,13,17)(H,14,16)/t10-/m1/s1. The normalized spacial score (nSPS) is 11.5. The molecule has 0 bridgehead atoms. The molecule has 2 amide bonds. The second-order valence-corrected chi connectivity index (χ2v) is 4.11. The molecule has 1 rings (SSSR count). The van der Waals surface area contributed by atoms with Gasteiger partial charge in [-0.15, -0.1) is 0 Å². The number of nitrogens with two attached hydrogens (primary N) is 1. The molecular weight excluding hydrogens is 266 g/mol. The Morgan fingerprint density at radius 1 is 1.50 bits per heavy atom. The third-order valence-electron chi connectivity index (χ3n) is 2.62. The highest BCUT2D eigenvalue weighted by Crippen LogP contribution is 2.25. The number of carbonyl (C=O) groups excluding carboxylic acids is 2. The number of benzene rings is 1. The first-order valence-electron chi connectivity index (χ1n) is 5.73. The minimum absolute atomic E-state index is 0.0137. The fourth-order valence-electron chi connectivity index (χ4n) is 1.73. The maximum atomic E-state index is 11.3. The zero-order chi connectivity index (χ0) is 15.3. The van der Waals surface area contributed by atoms with Crippen LogP contribution in [0.5, 0.6) is 5.75 Å². The number of primary amides is 1. The fourth-order valence-corrected chi connectivity index (χ4v) is 1.73. The second kappa shape index (κ2) is 6.50. The van der Waals surface area contributed by atoms with Crippen molar-refractivity contribution < 1.29 is 19.2 Å². The number of ether oxygens (including phenoxy) is 1. The molecule has 0 unspecified atom stereocenters. The number of carbonyl (C=O) groups is 2. The molecule has 0 heterocycles. The van der Waals surface area contributed by atoms with Crippen LogP contribution in [0.4, 0.5) is 5.69 Å². The Balaban J connectivity index is 3.09. The summed E-state index contributed by atoms with van der Waals surface area (Å²) in [5, 5.41) is 13.1. The van der Waals surface area contributed by atoms with Gasteiger partial charge in [-0.2, -0.15) is 0 Å². The molecule has 0 aliphatic heterocycles. The van der Waals surface area contributed by atoms with Gasteiger partial charge in [-0.3, -0.25) is 19.7 Å². The first kappa shape index (κ1) is 15.4. The summed E-state index contributed by atoms with van der Waals surface area (Å²) in [6.45, 7) is 1.25. The summed E-state index contributed by atoms with van der Waals surface area (Å²) in [5.74, 6) is -0.765. The molecule has 1 atom stereocenters. The molecular formula is C12H15N3O5.